The molecule has 5 heteroatoms. The zero-order chi connectivity index (χ0) is 13.1. The predicted molar refractivity (Wildman–Crippen MR) is 79.3 cm³/mol. The van der Waals surface area contributed by atoms with Gasteiger partial charge in [0.15, 0.2) is 0 Å². The van der Waals surface area contributed by atoms with Gasteiger partial charge in [-0.1, -0.05) is 25.7 Å². The van der Waals surface area contributed by atoms with Crippen LogP contribution < -0.4 is 0 Å². The van der Waals surface area contributed by atoms with E-state index in [1.807, 2.05) is 0 Å². The Morgan fingerprint density at radius 1 is 0.474 bits per heavy atom. The van der Waals surface area contributed by atoms with Crippen molar-refractivity contribution in [1.82, 2.24) is 14.0 Å². The van der Waals surface area contributed by atoms with Crippen molar-refractivity contribution < 1.29 is 4.57 Å². The molecule has 0 unspecified atom stereocenters. The minimum atomic E-state index is -2.39. The molecule has 3 aliphatic rings. The zero-order valence-electron chi connectivity index (χ0n) is 12.1. The molecule has 0 atom stereocenters. The molecule has 3 rings (SSSR count). The van der Waals surface area contributed by atoms with Crippen molar-refractivity contribution in [1.29, 1.82) is 0 Å². The molecule has 0 spiro atoms. The van der Waals surface area contributed by atoms with Crippen LogP contribution in [0.2, 0.25) is 0 Å². The molecule has 0 N–H and O–H groups in total. The fourth-order valence-electron chi connectivity index (χ4n) is 3.47. The van der Waals surface area contributed by atoms with Gasteiger partial charge >= 0.3 is 0 Å². The predicted octanol–water partition coefficient (Wildman–Crippen LogP) is 3.16. The Bertz CT molecular complexity index is 306. The Hall–Kier alpha value is 0.110. The van der Waals surface area contributed by atoms with E-state index in [1.165, 1.54) is 51.4 Å². The summed E-state index contributed by atoms with van der Waals surface area (Å²) in [5, 5.41) is 0. The lowest BCUT2D eigenvalue weighted by molar-refractivity contribution is 0.315. The van der Waals surface area contributed by atoms with E-state index in [-0.39, 0.29) is 0 Å². The summed E-state index contributed by atoms with van der Waals surface area (Å²) in [6.07, 6.45) is 10.2. The molecule has 0 aliphatic carbocycles. The fraction of sp³-hybridized carbons (Fsp3) is 1.00. The molecule has 3 fully saturated rings. The van der Waals surface area contributed by atoms with Crippen LogP contribution in [0.15, 0.2) is 0 Å². The standard InChI is InChI=1S/C14H28N3OP/c18-19(17-13-14-17,15-9-5-1-2-6-10-15)16-11-7-3-4-8-12-16/h1-14H2. The van der Waals surface area contributed by atoms with Crippen LogP contribution in [-0.4, -0.2) is 53.3 Å². The van der Waals surface area contributed by atoms with Gasteiger partial charge in [0.05, 0.1) is 0 Å². The molecule has 4 nitrogen and oxygen atoms in total. The summed E-state index contributed by atoms with van der Waals surface area (Å²) < 4.78 is 20.7. The Balaban J connectivity index is 1.78. The highest BCUT2D eigenvalue weighted by atomic mass is 31.2. The number of hydrogen-bond acceptors (Lipinski definition) is 1. The van der Waals surface area contributed by atoms with Crippen molar-refractivity contribution in [3.8, 4) is 0 Å². The second-order valence-electron chi connectivity index (χ2n) is 6.20. The third-order valence-electron chi connectivity index (χ3n) is 4.69. The van der Waals surface area contributed by atoms with E-state index in [1.54, 1.807) is 0 Å². The maximum Gasteiger partial charge on any atom is 0.286 e. The molecule has 0 bridgehead atoms. The molecule has 0 aromatic carbocycles. The average molecular weight is 285 g/mol. The van der Waals surface area contributed by atoms with Gasteiger partial charge in [0, 0.05) is 39.3 Å². The minimum absolute atomic E-state index is 1.05. The van der Waals surface area contributed by atoms with Crippen molar-refractivity contribution in [2.75, 3.05) is 39.3 Å². The van der Waals surface area contributed by atoms with Gasteiger partial charge in [-0.05, 0) is 25.7 Å². The first-order valence-electron chi connectivity index (χ1n) is 8.18. The van der Waals surface area contributed by atoms with Crippen LogP contribution in [-0.2, 0) is 4.57 Å². The average Bonchev–Trinajstić information content (AvgIpc) is 3.24. The van der Waals surface area contributed by atoms with Crippen LogP contribution in [0.25, 0.3) is 0 Å². The fourth-order valence-corrected chi connectivity index (χ4v) is 6.76. The van der Waals surface area contributed by atoms with Crippen molar-refractivity contribution in [3.63, 3.8) is 0 Å². The Kier molecular flexibility index (Phi) is 4.63. The van der Waals surface area contributed by atoms with E-state index in [4.69, 9.17) is 0 Å². The highest BCUT2D eigenvalue weighted by molar-refractivity contribution is 7.56. The van der Waals surface area contributed by atoms with Crippen LogP contribution in [0.4, 0.5) is 0 Å². The molecule has 3 saturated heterocycles. The van der Waals surface area contributed by atoms with Crippen LogP contribution in [0.5, 0.6) is 0 Å². The van der Waals surface area contributed by atoms with Crippen LogP contribution in [0.1, 0.15) is 51.4 Å². The quantitative estimate of drug-likeness (QED) is 0.588. The first-order valence-corrected chi connectivity index (χ1v) is 9.75. The molecule has 0 radical (unpaired) electrons. The van der Waals surface area contributed by atoms with Crippen molar-refractivity contribution in [2.24, 2.45) is 0 Å². The Morgan fingerprint density at radius 2 is 0.789 bits per heavy atom. The first kappa shape index (κ1) is 14.1. The van der Waals surface area contributed by atoms with Crippen molar-refractivity contribution in [2.45, 2.75) is 51.4 Å². The summed E-state index contributed by atoms with van der Waals surface area (Å²) in [5.41, 5.74) is 0. The molecule has 19 heavy (non-hydrogen) atoms. The molecule has 3 aliphatic heterocycles. The second-order valence-corrected chi connectivity index (χ2v) is 8.93. The third kappa shape index (κ3) is 3.07. The summed E-state index contributed by atoms with van der Waals surface area (Å²) in [6.45, 7) is 6.28. The maximum atomic E-state index is 13.8. The van der Waals surface area contributed by atoms with E-state index in [0.29, 0.717) is 0 Å². The lowest BCUT2D eigenvalue weighted by atomic mass is 10.2. The molecule has 0 aromatic rings. The highest BCUT2D eigenvalue weighted by Gasteiger charge is 2.47. The second kappa shape index (κ2) is 6.26. The summed E-state index contributed by atoms with van der Waals surface area (Å²) in [6, 6.07) is 0. The largest absolute Gasteiger partial charge is 0.286 e. The smallest absolute Gasteiger partial charge is 0.270 e. The lowest BCUT2D eigenvalue weighted by Gasteiger charge is -2.39. The normalized spacial score (nSPS) is 28.8. The van der Waals surface area contributed by atoms with E-state index in [9.17, 15) is 4.57 Å². The number of hydrogen-bond donors (Lipinski definition) is 0. The van der Waals surface area contributed by atoms with E-state index >= 15 is 0 Å². The van der Waals surface area contributed by atoms with Gasteiger partial charge in [0.2, 0.25) is 0 Å². The van der Waals surface area contributed by atoms with E-state index in [2.05, 4.69) is 14.0 Å². The molecular weight excluding hydrogens is 257 g/mol. The molecule has 0 saturated carbocycles. The zero-order valence-corrected chi connectivity index (χ0v) is 13.0. The van der Waals surface area contributed by atoms with Gasteiger partial charge in [-0.2, -0.15) is 0 Å². The van der Waals surface area contributed by atoms with Crippen molar-refractivity contribution in [3.05, 3.63) is 0 Å². The summed E-state index contributed by atoms with van der Waals surface area (Å²) in [7, 11) is -2.39. The monoisotopic (exact) mass is 285 g/mol. The first-order chi connectivity index (χ1) is 9.32. The van der Waals surface area contributed by atoms with Gasteiger partial charge in [-0.25, -0.2) is 14.0 Å². The molecule has 0 amide bonds. The van der Waals surface area contributed by atoms with Gasteiger partial charge in [-0.3, -0.25) is 4.57 Å². The minimum Gasteiger partial charge on any atom is -0.270 e. The number of rotatable bonds is 3. The number of nitrogens with zero attached hydrogens (tertiary/aromatic N) is 3. The molecule has 110 valence electrons. The van der Waals surface area contributed by atoms with Crippen LogP contribution in [0, 0.1) is 0 Å². The highest BCUT2D eigenvalue weighted by Crippen LogP contribution is 2.60. The maximum absolute atomic E-state index is 13.8. The van der Waals surface area contributed by atoms with Gasteiger partial charge < -0.3 is 0 Å². The van der Waals surface area contributed by atoms with Gasteiger partial charge in [0.1, 0.15) is 0 Å². The third-order valence-corrected chi connectivity index (χ3v) is 8.10. The van der Waals surface area contributed by atoms with Gasteiger partial charge in [-0.15, -0.1) is 0 Å². The van der Waals surface area contributed by atoms with Crippen LogP contribution in [0.3, 0.4) is 0 Å². The molecule has 0 aromatic heterocycles. The molecular formula is C14H28N3OP. The Labute approximate surface area is 117 Å². The SMILES string of the molecule is O=P(N1CCCCCC1)(N1CCCCCC1)N1CC1. The molecule has 3 heterocycles. The van der Waals surface area contributed by atoms with Gasteiger partial charge in [0.25, 0.3) is 7.59 Å². The summed E-state index contributed by atoms with van der Waals surface area (Å²) >= 11 is 0. The van der Waals surface area contributed by atoms with E-state index < -0.39 is 7.59 Å². The lowest BCUT2D eigenvalue weighted by Crippen LogP contribution is -2.36. The Morgan fingerprint density at radius 3 is 1.11 bits per heavy atom. The van der Waals surface area contributed by atoms with E-state index in [0.717, 1.165) is 39.3 Å². The van der Waals surface area contributed by atoms with Crippen LogP contribution >= 0.6 is 7.59 Å². The topological polar surface area (TPSA) is 26.6 Å². The summed E-state index contributed by atoms with van der Waals surface area (Å²) in [4.78, 5) is 0. The summed E-state index contributed by atoms with van der Waals surface area (Å²) in [5.74, 6) is 0. The van der Waals surface area contributed by atoms with Crippen molar-refractivity contribution >= 4 is 7.59 Å².